The summed E-state index contributed by atoms with van der Waals surface area (Å²) in [4.78, 5) is 11.7. The van der Waals surface area contributed by atoms with Gasteiger partial charge >= 0.3 is 6.03 Å². The third-order valence-corrected chi connectivity index (χ3v) is 3.96. The van der Waals surface area contributed by atoms with Gasteiger partial charge in [0.2, 0.25) is 0 Å². The molecule has 1 unspecified atom stereocenters. The van der Waals surface area contributed by atoms with E-state index in [2.05, 4.69) is 10.6 Å². The molecular weight excluding hydrogens is 276 g/mol. The molecule has 110 valence electrons. The van der Waals surface area contributed by atoms with Gasteiger partial charge in [0.05, 0.1) is 6.54 Å². The monoisotopic (exact) mass is 296 g/mol. The van der Waals surface area contributed by atoms with Gasteiger partial charge in [-0.05, 0) is 43.4 Å². The number of hydrogen-bond acceptors (Lipinski definition) is 2. The number of benzene rings is 1. The van der Waals surface area contributed by atoms with Crippen molar-refractivity contribution in [2.75, 3.05) is 20.2 Å². The molecule has 1 aliphatic carbocycles. The zero-order chi connectivity index (χ0) is 14.6. The second-order valence-corrected chi connectivity index (χ2v) is 5.89. The number of hydrogen-bond donors (Lipinski definition) is 2. The average Bonchev–Trinajstić information content (AvgIpc) is 3.26. The second-order valence-electron chi connectivity index (χ2n) is 5.45. The molecule has 0 aromatic heterocycles. The first kappa shape index (κ1) is 15.1. The second kappa shape index (κ2) is 6.46. The highest BCUT2D eigenvalue weighted by Gasteiger charge is 2.27. The zero-order valence-corrected chi connectivity index (χ0v) is 12.7. The van der Waals surface area contributed by atoms with Crippen molar-refractivity contribution in [3.8, 4) is 0 Å². The smallest absolute Gasteiger partial charge is 0.314 e. The molecule has 20 heavy (non-hydrogen) atoms. The lowest BCUT2D eigenvalue weighted by Gasteiger charge is -2.29. The van der Waals surface area contributed by atoms with Crippen LogP contribution in [0.1, 0.15) is 25.3 Å². The predicted octanol–water partition coefficient (Wildman–Crippen LogP) is 2.91. The van der Waals surface area contributed by atoms with Crippen molar-refractivity contribution in [2.24, 2.45) is 5.92 Å². The molecule has 5 heteroatoms. The maximum atomic E-state index is 11.7. The van der Waals surface area contributed by atoms with Crippen LogP contribution in [0.3, 0.4) is 0 Å². The summed E-state index contributed by atoms with van der Waals surface area (Å²) in [5.41, 5.74) is 0.344. The number of rotatable bonds is 6. The minimum absolute atomic E-state index is 0.151. The van der Waals surface area contributed by atoms with E-state index in [9.17, 15) is 4.79 Å². The lowest BCUT2D eigenvalue weighted by molar-refractivity contribution is 0.00488. The van der Waals surface area contributed by atoms with Crippen molar-refractivity contribution in [1.29, 1.82) is 0 Å². The molecule has 2 rings (SSSR count). The Balaban J connectivity index is 1.90. The standard InChI is InChI=1S/C15H21ClN2O2/c1-15(20-2,12-4-3-5-13(16)8-12)10-18-14(19)17-9-11-6-7-11/h3-5,8,11H,6-7,9-10H2,1-2H3,(H2,17,18,19). The van der Waals surface area contributed by atoms with E-state index in [-0.39, 0.29) is 6.03 Å². The van der Waals surface area contributed by atoms with Crippen LogP contribution in [-0.4, -0.2) is 26.2 Å². The topological polar surface area (TPSA) is 50.4 Å². The lowest BCUT2D eigenvalue weighted by Crippen LogP contribution is -2.44. The number of carbonyl (C=O) groups is 1. The van der Waals surface area contributed by atoms with Crippen LogP contribution >= 0.6 is 11.6 Å². The lowest BCUT2D eigenvalue weighted by atomic mass is 9.96. The molecule has 2 amide bonds. The van der Waals surface area contributed by atoms with Crippen LogP contribution in [0.25, 0.3) is 0 Å². The minimum atomic E-state index is -0.595. The van der Waals surface area contributed by atoms with Crippen LogP contribution in [0.5, 0.6) is 0 Å². The summed E-state index contributed by atoms with van der Waals surface area (Å²) in [6, 6.07) is 7.34. The molecule has 1 fully saturated rings. The van der Waals surface area contributed by atoms with Gasteiger partial charge in [-0.25, -0.2) is 4.79 Å². The van der Waals surface area contributed by atoms with E-state index in [4.69, 9.17) is 16.3 Å². The molecule has 1 aliphatic rings. The van der Waals surface area contributed by atoms with Gasteiger partial charge in [0.15, 0.2) is 0 Å². The Kier molecular flexibility index (Phi) is 4.89. The highest BCUT2D eigenvalue weighted by molar-refractivity contribution is 6.30. The van der Waals surface area contributed by atoms with Crippen molar-refractivity contribution in [1.82, 2.24) is 10.6 Å². The maximum absolute atomic E-state index is 11.7. The molecule has 0 bridgehead atoms. The van der Waals surface area contributed by atoms with E-state index in [1.165, 1.54) is 12.8 Å². The summed E-state index contributed by atoms with van der Waals surface area (Å²) in [5, 5.41) is 6.39. The van der Waals surface area contributed by atoms with Crippen molar-refractivity contribution >= 4 is 17.6 Å². The van der Waals surface area contributed by atoms with E-state index in [1.54, 1.807) is 7.11 Å². The molecule has 1 aromatic rings. The molecule has 1 aromatic carbocycles. The Bertz CT molecular complexity index is 477. The van der Waals surface area contributed by atoms with Crippen LogP contribution in [0.2, 0.25) is 5.02 Å². The molecule has 0 aliphatic heterocycles. The average molecular weight is 297 g/mol. The summed E-state index contributed by atoms with van der Waals surface area (Å²) in [6.07, 6.45) is 2.44. The SMILES string of the molecule is COC(C)(CNC(=O)NCC1CC1)c1cccc(Cl)c1. The van der Waals surface area contributed by atoms with Gasteiger partial charge < -0.3 is 15.4 Å². The molecule has 0 spiro atoms. The summed E-state index contributed by atoms with van der Waals surface area (Å²) in [6.45, 7) is 3.08. The Hall–Kier alpha value is -1.26. The first-order valence-electron chi connectivity index (χ1n) is 6.86. The number of halogens is 1. The van der Waals surface area contributed by atoms with E-state index in [0.717, 1.165) is 12.1 Å². The van der Waals surface area contributed by atoms with Gasteiger partial charge in [-0.2, -0.15) is 0 Å². The molecule has 1 saturated carbocycles. The van der Waals surface area contributed by atoms with Crippen molar-refractivity contribution in [3.63, 3.8) is 0 Å². The van der Waals surface area contributed by atoms with E-state index in [1.807, 2.05) is 31.2 Å². The number of nitrogens with one attached hydrogen (secondary N) is 2. The molecule has 0 saturated heterocycles. The number of carbonyl (C=O) groups excluding carboxylic acids is 1. The quantitative estimate of drug-likeness (QED) is 0.848. The normalized spacial score (nSPS) is 17.4. The van der Waals surface area contributed by atoms with E-state index < -0.39 is 5.60 Å². The Morgan fingerprint density at radius 3 is 2.80 bits per heavy atom. The Morgan fingerprint density at radius 2 is 2.20 bits per heavy atom. The van der Waals surface area contributed by atoms with Gasteiger partial charge in [0.1, 0.15) is 5.60 Å². The fraction of sp³-hybridized carbons (Fsp3) is 0.533. The first-order chi connectivity index (χ1) is 9.53. The first-order valence-corrected chi connectivity index (χ1v) is 7.24. The van der Waals surface area contributed by atoms with Crippen LogP contribution in [0, 0.1) is 5.92 Å². The fourth-order valence-corrected chi connectivity index (χ4v) is 2.17. The molecule has 2 N–H and O–H groups in total. The summed E-state index contributed by atoms with van der Waals surface area (Å²) in [5.74, 6) is 0.669. The van der Waals surface area contributed by atoms with Crippen LogP contribution in [0.4, 0.5) is 4.79 Å². The highest BCUT2D eigenvalue weighted by atomic mass is 35.5. The maximum Gasteiger partial charge on any atom is 0.314 e. The van der Waals surface area contributed by atoms with Crippen LogP contribution < -0.4 is 10.6 Å². The van der Waals surface area contributed by atoms with Gasteiger partial charge in [-0.3, -0.25) is 0 Å². The number of amides is 2. The van der Waals surface area contributed by atoms with Gasteiger partial charge in [-0.15, -0.1) is 0 Å². The van der Waals surface area contributed by atoms with Crippen LogP contribution in [0.15, 0.2) is 24.3 Å². The van der Waals surface area contributed by atoms with Crippen molar-refractivity contribution in [3.05, 3.63) is 34.9 Å². The largest absolute Gasteiger partial charge is 0.372 e. The number of ether oxygens (including phenoxy) is 1. The highest BCUT2D eigenvalue weighted by Crippen LogP contribution is 2.28. The van der Waals surface area contributed by atoms with Gasteiger partial charge in [-0.1, -0.05) is 23.7 Å². The van der Waals surface area contributed by atoms with Gasteiger partial charge in [0.25, 0.3) is 0 Å². The van der Waals surface area contributed by atoms with Crippen LogP contribution in [-0.2, 0) is 10.3 Å². The molecule has 0 heterocycles. The zero-order valence-electron chi connectivity index (χ0n) is 11.9. The minimum Gasteiger partial charge on any atom is -0.372 e. The van der Waals surface area contributed by atoms with Crippen molar-refractivity contribution < 1.29 is 9.53 Å². The van der Waals surface area contributed by atoms with E-state index in [0.29, 0.717) is 17.5 Å². The summed E-state index contributed by atoms with van der Waals surface area (Å²) in [7, 11) is 1.63. The molecule has 4 nitrogen and oxygen atoms in total. The third-order valence-electron chi connectivity index (χ3n) is 3.72. The third kappa shape index (κ3) is 4.12. The molecule has 1 atom stereocenters. The van der Waals surface area contributed by atoms with Gasteiger partial charge in [0, 0.05) is 18.7 Å². The summed E-state index contributed by atoms with van der Waals surface area (Å²) >= 11 is 6.01. The predicted molar refractivity (Wildman–Crippen MR) is 79.9 cm³/mol. The van der Waals surface area contributed by atoms with Crippen molar-refractivity contribution in [2.45, 2.75) is 25.4 Å². The molecule has 0 radical (unpaired) electrons. The molecular formula is C15H21ClN2O2. The number of urea groups is 1. The summed E-state index contributed by atoms with van der Waals surface area (Å²) < 4.78 is 5.57. The Morgan fingerprint density at radius 1 is 1.45 bits per heavy atom. The number of methoxy groups -OCH3 is 1. The Labute approximate surface area is 124 Å². The fourth-order valence-electron chi connectivity index (χ4n) is 1.98. The van der Waals surface area contributed by atoms with E-state index >= 15 is 0 Å².